The molecular formula is C22H19NO2. The number of amides is 1. The van der Waals surface area contributed by atoms with Crippen molar-refractivity contribution >= 4 is 11.6 Å². The summed E-state index contributed by atoms with van der Waals surface area (Å²) in [6.45, 7) is 4.03. The zero-order valence-electron chi connectivity index (χ0n) is 14.2. The summed E-state index contributed by atoms with van der Waals surface area (Å²) in [6.07, 6.45) is 0. The molecule has 0 spiro atoms. The average molecular weight is 329 g/mol. The number of rotatable bonds is 2. The van der Waals surface area contributed by atoms with E-state index >= 15 is 0 Å². The van der Waals surface area contributed by atoms with Crippen molar-refractivity contribution in [1.29, 1.82) is 0 Å². The Balaban J connectivity index is 2.08. The summed E-state index contributed by atoms with van der Waals surface area (Å²) in [5, 5.41) is 12.8. The molecule has 2 N–H and O–H groups in total. The van der Waals surface area contributed by atoms with E-state index < -0.39 is 5.41 Å². The van der Waals surface area contributed by atoms with Gasteiger partial charge in [-0.25, -0.2) is 0 Å². The maximum Gasteiger partial charge on any atom is 0.244 e. The van der Waals surface area contributed by atoms with Gasteiger partial charge < -0.3 is 10.4 Å². The number of carbonyl (C=O) groups excluding carboxylic acids is 1. The molecule has 1 atom stereocenters. The molecule has 4 rings (SSSR count). The molecule has 3 aromatic carbocycles. The van der Waals surface area contributed by atoms with Gasteiger partial charge in [0.2, 0.25) is 5.91 Å². The first kappa shape index (κ1) is 15.5. The Morgan fingerprint density at radius 2 is 1.44 bits per heavy atom. The van der Waals surface area contributed by atoms with Crippen LogP contribution in [0.3, 0.4) is 0 Å². The standard InChI is InChI=1S/C22H19NO2/c1-14-6-8-16(9-7-14)22(17-10-12-18(24)13-11-17)19-5-3-4-15(2)20(19)23-21(22)25/h3-13,24H,1-2H3,(H,23,25). The molecule has 0 radical (unpaired) electrons. The summed E-state index contributed by atoms with van der Waals surface area (Å²) in [4.78, 5) is 13.3. The number of aromatic hydroxyl groups is 1. The smallest absolute Gasteiger partial charge is 0.244 e. The summed E-state index contributed by atoms with van der Waals surface area (Å²) in [6, 6.07) is 21.0. The van der Waals surface area contributed by atoms with E-state index in [1.54, 1.807) is 12.1 Å². The Morgan fingerprint density at radius 3 is 2.08 bits per heavy atom. The van der Waals surface area contributed by atoms with Crippen LogP contribution in [0.25, 0.3) is 0 Å². The van der Waals surface area contributed by atoms with Gasteiger partial charge in [0.05, 0.1) is 0 Å². The number of fused-ring (bicyclic) bond motifs is 1. The number of anilines is 1. The van der Waals surface area contributed by atoms with Crippen LogP contribution < -0.4 is 5.32 Å². The Labute approximate surface area is 147 Å². The van der Waals surface area contributed by atoms with E-state index in [0.29, 0.717) is 0 Å². The summed E-state index contributed by atoms with van der Waals surface area (Å²) >= 11 is 0. The molecule has 124 valence electrons. The highest BCUT2D eigenvalue weighted by Gasteiger charge is 2.50. The summed E-state index contributed by atoms with van der Waals surface area (Å²) in [7, 11) is 0. The van der Waals surface area contributed by atoms with E-state index in [1.807, 2.05) is 68.4 Å². The molecule has 0 aliphatic carbocycles. The van der Waals surface area contributed by atoms with E-state index in [-0.39, 0.29) is 11.7 Å². The van der Waals surface area contributed by atoms with Crippen molar-refractivity contribution in [2.24, 2.45) is 0 Å². The van der Waals surface area contributed by atoms with E-state index in [2.05, 4.69) is 5.32 Å². The predicted octanol–water partition coefficient (Wildman–Crippen LogP) is 4.30. The average Bonchev–Trinajstić information content (AvgIpc) is 2.91. The second kappa shape index (κ2) is 5.49. The van der Waals surface area contributed by atoms with Gasteiger partial charge in [0.1, 0.15) is 11.2 Å². The lowest BCUT2D eigenvalue weighted by atomic mass is 9.70. The maximum atomic E-state index is 13.3. The molecular weight excluding hydrogens is 310 g/mol. The Morgan fingerprint density at radius 1 is 0.840 bits per heavy atom. The van der Waals surface area contributed by atoms with Crippen LogP contribution in [0.5, 0.6) is 5.75 Å². The summed E-state index contributed by atoms with van der Waals surface area (Å²) < 4.78 is 0. The minimum atomic E-state index is -0.914. The molecule has 0 aromatic heterocycles. The third-order valence-electron chi connectivity index (χ3n) is 5.04. The molecule has 1 amide bonds. The third-order valence-corrected chi connectivity index (χ3v) is 5.04. The van der Waals surface area contributed by atoms with Gasteiger partial charge in [0.15, 0.2) is 0 Å². The topological polar surface area (TPSA) is 49.3 Å². The highest BCUT2D eigenvalue weighted by molar-refractivity contribution is 6.12. The zero-order valence-corrected chi connectivity index (χ0v) is 14.2. The third kappa shape index (κ3) is 2.16. The van der Waals surface area contributed by atoms with Crippen molar-refractivity contribution in [3.05, 3.63) is 94.5 Å². The first-order valence-corrected chi connectivity index (χ1v) is 8.31. The molecule has 0 saturated carbocycles. The van der Waals surface area contributed by atoms with Gasteiger partial charge in [-0.3, -0.25) is 4.79 Å². The second-order valence-electron chi connectivity index (χ2n) is 6.61. The van der Waals surface area contributed by atoms with Crippen LogP contribution in [0.1, 0.15) is 27.8 Å². The molecule has 3 nitrogen and oxygen atoms in total. The van der Waals surface area contributed by atoms with Gasteiger partial charge in [-0.15, -0.1) is 0 Å². The first-order chi connectivity index (χ1) is 12.0. The molecule has 1 heterocycles. The van der Waals surface area contributed by atoms with E-state index in [0.717, 1.165) is 33.5 Å². The Bertz CT molecular complexity index is 911. The van der Waals surface area contributed by atoms with Crippen molar-refractivity contribution in [1.82, 2.24) is 0 Å². The van der Waals surface area contributed by atoms with Crippen LogP contribution in [0.4, 0.5) is 5.69 Å². The van der Waals surface area contributed by atoms with E-state index in [9.17, 15) is 9.90 Å². The first-order valence-electron chi connectivity index (χ1n) is 8.31. The number of aryl methyl sites for hydroxylation is 2. The molecule has 0 bridgehead atoms. The van der Waals surface area contributed by atoms with Gasteiger partial charge in [-0.2, -0.15) is 0 Å². The molecule has 3 heteroatoms. The Hall–Kier alpha value is -3.07. The monoisotopic (exact) mass is 329 g/mol. The number of carbonyl (C=O) groups is 1. The molecule has 25 heavy (non-hydrogen) atoms. The zero-order chi connectivity index (χ0) is 17.6. The van der Waals surface area contributed by atoms with Gasteiger partial charge in [0, 0.05) is 11.3 Å². The Kier molecular flexibility index (Phi) is 3.39. The van der Waals surface area contributed by atoms with E-state index in [1.165, 1.54) is 0 Å². The van der Waals surface area contributed by atoms with Crippen molar-refractivity contribution in [2.45, 2.75) is 19.3 Å². The number of para-hydroxylation sites is 1. The number of benzene rings is 3. The van der Waals surface area contributed by atoms with Gasteiger partial charge in [-0.05, 0) is 42.7 Å². The molecule has 1 aliphatic rings. The fourth-order valence-corrected chi connectivity index (χ4v) is 3.73. The minimum Gasteiger partial charge on any atom is -0.508 e. The number of nitrogens with one attached hydrogen (secondary N) is 1. The number of phenolic OH excluding ortho intramolecular Hbond substituents is 1. The predicted molar refractivity (Wildman–Crippen MR) is 99.0 cm³/mol. The van der Waals surface area contributed by atoms with Gasteiger partial charge in [-0.1, -0.05) is 60.2 Å². The molecule has 1 unspecified atom stereocenters. The maximum absolute atomic E-state index is 13.3. The normalized spacial score (nSPS) is 18.7. The largest absolute Gasteiger partial charge is 0.508 e. The molecule has 0 fully saturated rings. The fourth-order valence-electron chi connectivity index (χ4n) is 3.73. The molecule has 3 aromatic rings. The van der Waals surface area contributed by atoms with Crippen LogP contribution in [0.2, 0.25) is 0 Å². The van der Waals surface area contributed by atoms with Gasteiger partial charge >= 0.3 is 0 Å². The molecule has 1 aliphatic heterocycles. The highest BCUT2D eigenvalue weighted by atomic mass is 16.3. The van der Waals surface area contributed by atoms with Gasteiger partial charge in [0.25, 0.3) is 0 Å². The van der Waals surface area contributed by atoms with Crippen LogP contribution in [0.15, 0.2) is 66.7 Å². The summed E-state index contributed by atoms with van der Waals surface area (Å²) in [5.41, 5.74) is 4.86. The van der Waals surface area contributed by atoms with Crippen LogP contribution in [-0.4, -0.2) is 11.0 Å². The second-order valence-corrected chi connectivity index (χ2v) is 6.61. The summed E-state index contributed by atoms with van der Waals surface area (Å²) in [5.74, 6) is 0.122. The van der Waals surface area contributed by atoms with Crippen molar-refractivity contribution in [3.8, 4) is 5.75 Å². The van der Waals surface area contributed by atoms with Crippen molar-refractivity contribution in [3.63, 3.8) is 0 Å². The fraction of sp³-hybridized carbons (Fsp3) is 0.136. The number of phenols is 1. The quantitative estimate of drug-likeness (QED) is 0.736. The highest BCUT2D eigenvalue weighted by Crippen LogP contribution is 2.48. The van der Waals surface area contributed by atoms with Crippen LogP contribution in [-0.2, 0) is 10.2 Å². The van der Waals surface area contributed by atoms with Crippen molar-refractivity contribution < 1.29 is 9.90 Å². The lowest BCUT2D eigenvalue weighted by molar-refractivity contribution is -0.118. The van der Waals surface area contributed by atoms with Crippen LogP contribution >= 0.6 is 0 Å². The SMILES string of the molecule is Cc1ccc(C2(c3ccc(O)cc3)C(=O)Nc3c(C)cccc32)cc1. The lowest BCUT2D eigenvalue weighted by Crippen LogP contribution is -2.36. The lowest BCUT2D eigenvalue weighted by Gasteiger charge is -2.29. The van der Waals surface area contributed by atoms with Crippen molar-refractivity contribution in [2.75, 3.05) is 5.32 Å². The number of hydrogen-bond acceptors (Lipinski definition) is 2. The minimum absolute atomic E-state index is 0.0636. The molecule has 0 saturated heterocycles. The van der Waals surface area contributed by atoms with E-state index in [4.69, 9.17) is 0 Å². The number of hydrogen-bond donors (Lipinski definition) is 2. The van der Waals surface area contributed by atoms with Crippen LogP contribution in [0, 0.1) is 13.8 Å².